The fraction of sp³-hybridized carbons (Fsp3) is 0.300. The molecule has 0 heterocycles. The minimum absolute atomic E-state index is 0.380. The average molecular weight is 243 g/mol. The van der Waals surface area contributed by atoms with E-state index >= 15 is 0 Å². The van der Waals surface area contributed by atoms with Gasteiger partial charge in [-0.2, -0.15) is 0 Å². The van der Waals surface area contributed by atoms with Crippen LogP contribution < -0.4 is 9.61 Å². The second kappa shape index (κ2) is 5.80. The van der Waals surface area contributed by atoms with Gasteiger partial charge in [0.2, 0.25) is 0 Å². The van der Waals surface area contributed by atoms with Crippen LogP contribution in [0, 0.1) is 0 Å². The SMILES string of the molecule is CC(C=O)NP(=O)(CO)Oc1ccccc1. The number of rotatable bonds is 6. The third-order valence-electron chi connectivity index (χ3n) is 1.79. The van der Waals surface area contributed by atoms with E-state index in [-0.39, 0.29) is 0 Å². The second-order valence-corrected chi connectivity index (χ2v) is 5.34. The highest BCUT2D eigenvalue weighted by atomic mass is 31.2. The van der Waals surface area contributed by atoms with Gasteiger partial charge in [-0.15, -0.1) is 0 Å². The molecule has 0 saturated carbocycles. The predicted molar refractivity (Wildman–Crippen MR) is 60.4 cm³/mol. The fourth-order valence-electron chi connectivity index (χ4n) is 1.09. The van der Waals surface area contributed by atoms with Crippen LogP contribution in [0.2, 0.25) is 0 Å². The predicted octanol–water partition coefficient (Wildman–Crippen LogP) is 1.39. The monoisotopic (exact) mass is 243 g/mol. The number of aliphatic hydroxyl groups excluding tert-OH is 1. The molecule has 0 amide bonds. The van der Waals surface area contributed by atoms with Gasteiger partial charge >= 0.3 is 7.52 Å². The molecule has 2 unspecified atom stereocenters. The molecule has 2 N–H and O–H groups in total. The van der Waals surface area contributed by atoms with Crippen molar-refractivity contribution in [3.05, 3.63) is 30.3 Å². The summed E-state index contributed by atoms with van der Waals surface area (Å²) in [5.41, 5.74) is 0. The van der Waals surface area contributed by atoms with Crippen molar-refractivity contribution in [2.45, 2.75) is 13.0 Å². The van der Waals surface area contributed by atoms with Crippen molar-refractivity contribution in [3.8, 4) is 5.75 Å². The van der Waals surface area contributed by atoms with Crippen molar-refractivity contribution in [3.63, 3.8) is 0 Å². The van der Waals surface area contributed by atoms with Gasteiger partial charge in [0.05, 0.1) is 6.04 Å². The van der Waals surface area contributed by atoms with Crippen LogP contribution >= 0.6 is 7.52 Å². The third kappa shape index (κ3) is 3.77. The van der Waals surface area contributed by atoms with E-state index in [1.165, 1.54) is 6.92 Å². The summed E-state index contributed by atoms with van der Waals surface area (Å²) in [6.07, 6.45) is -0.0727. The number of para-hydroxylation sites is 1. The Morgan fingerprint density at radius 3 is 2.62 bits per heavy atom. The summed E-state index contributed by atoms with van der Waals surface area (Å²) >= 11 is 0. The molecule has 1 aromatic rings. The van der Waals surface area contributed by atoms with Crippen LogP contribution in [-0.4, -0.2) is 23.8 Å². The Balaban J connectivity index is 2.74. The molecule has 0 aliphatic carbocycles. The lowest BCUT2D eigenvalue weighted by Crippen LogP contribution is -2.27. The third-order valence-corrected chi connectivity index (χ3v) is 3.47. The number of carbonyl (C=O) groups is 1. The second-order valence-electron chi connectivity index (χ2n) is 3.27. The van der Waals surface area contributed by atoms with Crippen molar-refractivity contribution >= 4 is 13.8 Å². The van der Waals surface area contributed by atoms with Gasteiger partial charge in [-0.05, 0) is 19.1 Å². The zero-order valence-electron chi connectivity index (χ0n) is 8.87. The number of aliphatic hydroxyl groups is 1. The normalized spacial score (nSPS) is 16.1. The van der Waals surface area contributed by atoms with Gasteiger partial charge in [0.1, 0.15) is 18.4 Å². The summed E-state index contributed by atoms with van der Waals surface area (Å²) in [5.74, 6) is 0.380. The van der Waals surface area contributed by atoms with Crippen LogP contribution in [0.1, 0.15) is 6.92 Å². The molecule has 1 rings (SSSR count). The largest absolute Gasteiger partial charge is 0.431 e. The number of hydrogen-bond donors (Lipinski definition) is 2. The van der Waals surface area contributed by atoms with Gasteiger partial charge in [0, 0.05) is 0 Å². The molecule has 0 bridgehead atoms. The van der Waals surface area contributed by atoms with Gasteiger partial charge in [0.25, 0.3) is 0 Å². The van der Waals surface area contributed by atoms with Gasteiger partial charge in [0.15, 0.2) is 0 Å². The molecule has 1 aromatic carbocycles. The quantitative estimate of drug-likeness (QED) is 0.583. The molecule has 16 heavy (non-hydrogen) atoms. The summed E-state index contributed by atoms with van der Waals surface area (Å²) in [6, 6.07) is 7.84. The molecule has 88 valence electrons. The molecule has 0 fully saturated rings. The highest BCUT2D eigenvalue weighted by molar-refractivity contribution is 7.57. The van der Waals surface area contributed by atoms with Gasteiger partial charge in [-0.3, -0.25) is 4.57 Å². The van der Waals surface area contributed by atoms with E-state index < -0.39 is 19.9 Å². The van der Waals surface area contributed by atoms with E-state index in [1.54, 1.807) is 30.3 Å². The molecule has 0 spiro atoms. The Morgan fingerprint density at radius 2 is 2.12 bits per heavy atom. The molecule has 0 aliphatic rings. The zero-order valence-corrected chi connectivity index (χ0v) is 9.76. The first-order valence-corrected chi connectivity index (χ1v) is 6.58. The summed E-state index contributed by atoms with van der Waals surface area (Å²) < 4.78 is 17.1. The van der Waals surface area contributed by atoms with E-state index in [9.17, 15) is 9.36 Å². The number of nitrogens with one attached hydrogen (secondary N) is 1. The lowest BCUT2D eigenvalue weighted by atomic mass is 10.3. The molecule has 2 atom stereocenters. The lowest BCUT2D eigenvalue weighted by Gasteiger charge is -2.19. The van der Waals surface area contributed by atoms with E-state index in [1.807, 2.05) is 0 Å². The summed E-state index contributed by atoms with van der Waals surface area (Å²) in [4.78, 5) is 10.4. The highest BCUT2D eigenvalue weighted by Gasteiger charge is 2.25. The first-order chi connectivity index (χ1) is 7.59. The van der Waals surface area contributed by atoms with Crippen molar-refractivity contribution in [1.82, 2.24) is 5.09 Å². The van der Waals surface area contributed by atoms with Crippen LogP contribution in [0.3, 0.4) is 0 Å². The zero-order chi connectivity index (χ0) is 12.0. The maximum absolute atomic E-state index is 12.0. The minimum atomic E-state index is -3.42. The molecule has 6 heteroatoms. The topological polar surface area (TPSA) is 75.6 Å². The average Bonchev–Trinajstić information content (AvgIpc) is 2.30. The summed E-state index contributed by atoms with van der Waals surface area (Å²) in [5, 5.41) is 11.5. The van der Waals surface area contributed by atoms with E-state index in [2.05, 4.69) is 5.09 Å². The first-order valence-electron chi connectivity index (χ1n) is 4.77. The van der Waals surface area contributed by atoms with Crippen LogP contribution in [-0.2, 0) is 9.36 Å². The first kappa shape index (κ1) is 12.9. The Labute approximate surface area is 93.9 Å². The lowest BCUT2D eigenvalue weighted by molar-refractivity contribution is -0.108. The van der Waals surface area contributed by atoms with Crippen molar-refractivity contribution in [1.29, 1.82) is 0 Å². The number of aldehydes is 1. The molecule has 0 radical (unpaired) electrons. The number of benzene rings is 1. The van der Waals surface area contributed by atoms with Crippen LogP contribution in [0.4, 0.5) is 0 Å². The van der Waals surface area contributed by atoms with E-state index in [4.69, 9.17) is 9.63 Å². The minimum Gasteiger partial charge on any atom is -0.431 e. The Kier molecular flexibility index (Phi) is 4.68. The van der Waals surface area contributed by atoms with Crippen molar-refractivity contribution in [2.24, 2.45) is 0 Å². The van der Waals surface area contributed by atoms with E-state index in [0.29, 0.717) is 12.0 Å². The summed E-state index contributed by atoms with van der Waals surface area (Å²) in [7, 11) is -3.42. The van der Waals surface area contributed by atoms with Gasteiger partial charge in [-0.25, -0.2) is 5.09 Å². The Hall–Kier alpha value is -1.16. The Morgan fingerprint density at radius 1 is 1.50 bits per heavy atom. The van der Waals surface area contributed by atoms with Crippen LogP contribution in [0.5, 0.6) is 5.75 Å². The smallest absolute Gasteiger partial charge is 0.342 e. The van der Waals surface area contributed by atoms with Crippen molar-refractivity contribution in [2.75, 3.05) is 6.35 Å². The number of hydrogen-bond acceptors (Lipinski definition) is 4. The standard InChI is InChI=1S/C10H14NO4P/c1-9(7-12)11-16(14,8-13)15-10-5-3-2-4-6-10/h2-7,9,13H,8H2,1H3,(H,11,14). The molecule has 0 aliphatic heterocycles. The van der Waals surface area contributed by atoms with Crippen LogP contribution in [0.15, 0.2) is 30.3 Å². The fourth-order valence-corrected chi connectivity index (χ4v) is 2.42. The molecule has 0 saturated heterocycles. The molecular formula is C10H14NO4P. The van der Waals surface area contributed by atoms with Crippen molar-refractivity contribution < 1.29 is 19.0 Å². The van der Waals surface area contributed by atoms with Gasteiger partial charge < -0.3 is 14.4 Å². The van der Waals surface area contributed by atoms with Crippen LogP contribution in [0.25, 0.3) is 0 Å². The number of carbonyl (C=O) groups excluding carboxylic acids is 1. The Bertz CT molecular complexity index is 382. The van der Waals surface area contributed by atoms with Gasteiger partial charge in [-0.1, -0.05) is 18.2 Å². The highest BCUT2D eigenvalue weighted by Crippen LogP contribution is 2.41. The molecular weight excluding hydrogens is 229 g/mol. The maximum Gasteiger partial charge on any atom is 0.342 e. The maximum atomic E-state index is 12.0. The molecule has 5 nitrogen and oxygen atoms in total. The van der Waals surface area contributed by atoms with E-state index in [0.717, 1.165) is 0 Å². The summed E-state index contributed by atoms with van der Waals surface area (Å²) in [6.45, 7) is 1.53. The molecule has 0 aromatic heterocycles.